The smallest absolute Gasteiger partial charge is 0.287 e. The highest BCUT2D eigenvalue weighted by Crippen LogP contribution is 2.15. The fourth-order valence-corrected chi connectivity index (χ4v) is 4.78. The number of hydrogen-bond acceptors (Lipinski definition) is 5. The van der Waals surface area contributed by atoms with Crippen LogP contribution in [0.1, 0.15) is 48.7 Å². The summed E-state index contributed by atoms with van der Waals surface area (Å²) in [7, 11) is -1.41. The molecule has 0 radical (unpaired) electrons. The lowest BCUT2D eigenvalue weighted by Crippen LogP contribution is -2.50. The van der Waals surface area contributed by atoms with Crippen LogP contribution >= 0.6 is 0 Å². The average molecular weight is 428 g/mol. The number of carbonyl (C=O) groups excluding carboxylic acids is 1. The number of hydrogen-bond donors (Lipinski definition) is 3. The van der Waals surface area contributed by atoms with Gasteiger partial charge in [0.25, 0.3) is 5.91 Å². The van der Waals surface area contributed by atoms with E-state index in [-0.39, 0.29) is 17.7 Å². The summed E-state index contributed by atoms with van der Waals surface area (Å²) in [6.45, 7) is 5.96. The van der Waals surface area contributed by atoms with E-state index in [4.69, 9.17) is 4.42 Å². The van der Waals surface area contributed by atoms with Gasteiger partial charge in [-0.2, -0.15) is 0 Å². The van der Waals surface area contributed by atoms with Crippen LogP contribution in [0.25, 0.3) is 0 Å². The largest absolute Gasteiger partial charge is 0.459 e. The lowest BCUT2D eigenvalue weighted by atomic mass is 10.1. The first kappa shape index (κ1) is 23.2. The van der Waals surface area contributed by atoms with Gasteiger partial charge >= 0.3 is 0 Å². The predicted octanol–water partition coefficient (Wildman–Crippen LogP) is 1.08. The van der Waals surface area contributed by atoms with Crippen LogP contribution < -0.4 is 16.0 Å². The highest BCUT2D eigenvalue weighted by molar-refractivity contribution is 7.89. The Balaban J connectivity index is 1.65. The zero-order chi connectivity index (χ0) is 21.3. The van der Waals surface area contributed by atoms with E-state index in [0.29, 0.717) is 44.3 Å². The molecule has 1 aliphatic heterocycles. The van der Waals surface area contributed by atoms with E-state index >= 15 is 0 Å². The normalized spacial score (nSPS) is 16.6. The predicted molar refractivity (Wildman–Crippen MR) is 114 cm³/mol. The molecule has 1 aliphatic rings. The van der Waals surface area contributed by atoms with Crippen LogP contribution in [0.5, 0.6) is 0 Å². The average Bonchev–Trinajstić information content (AvgIpc) is 3.13. The number of guanidine groups is 1. The van der Waals surface area contributed by atoms with Crippen LogP contribution in [0.15, 0.2) is 21.7 Å². The summed E-state index contributed by atoms with van der Waals surface area (Å²) in [5.74, 6) is 1.04. The topological polar surface area (TPSA) is 116 Å². The van der Waals surface area contributed by atoms with Gasteiger partial charge in [-0.15, -0.1) is 0 Å². The van der Waals surface area contributed by atoms with Crippen LogP contribution in [0, 0.1) is 6.92 Å². The minimum absolute atomic E-state index is 0.191. The third-order valence-electron chi connectivity index (χ3n) is 4.87. The Morgan fingerprint density at radius 1 is 1.28 bits per heavy atom. The minimum Gasteiger partial charge on any atom is -0.459 e. The highest BCUT2D eigenvalue weighted by atomic mass is 32.2. The molecule has 1 saturated heterocycles. The van der Waals surface area contributed by atoms with E-state index in [1.807, 2.05) is 13.8 Å². The molecule has 1 aromatic heterocycles. The van der Waals surface area contributed by atoms with Crippen molar-refractivity contribution in [2.24, 2.45) is 4.99 Å². The number of amides is 1. The van der Waals surface area contributed by atoms with Crippen molar-refractivity contribution < 1.29 is 17.6 Å². The molecule has 2 heterocycles. The minimum atomic E-state index is -3.12. The number of carbonyl (C=O) groups is 1. The summed E-state index contributed by atoms with van der Waals surface area (Å²) in [4.78, 5) is 16.2. The number of aliphatic imine (C=N–C) groups is 1. The second-order valence-corrected chi connectivity index (χ2v) is 9.26. The summed E-state index contributed by atoms with van der Waals surface area (Å²) in [5, 5.41) is 9.42. The van der Waals surface area contributed by atoms with E-state index < -0.39 is 10.0 Å². The Bertz CT molecular complexity index is 782. The van der Waals surface area contributed by atoms with Gasteiger partial charge in [-0.05, 0) is 38.7 Å². The third kappa shape index (κ3) is 7.04. The molecule has 0 aliphatic carbocycles. The first-order chi connectivity index (χ1) is 13.9. The third-order valence-corrected chi connectivity index (χ3v) is 6.95. The number of rotatable bonds is 9. The Hall–Kier alpha value is -2.07. The maximum absolute atomic E-state index is 12.1. The molecular formula is C19H33N5O4S. The fraction of sp³-hybridized carbons (Fsp3) is 0.684. The molecule has 1 aromatic rings. The summed E-state index contributed by atoms with van der Waals surface area (Å²) >= 11 is 0. The second kappa shape index (κ2) is 11.2. The Kier molecular flexibility index (Phi) is 8.97. The fourth-order valence-electron chi connectivity index (χ4n) is 3.24. The summed E-state index contributed by atoms with van der Waals surface area (Å²) < 4.78 is 31.1. The molecule has 29 heavy (non-hydrogen) atoms. The lowest BCUT2D eigenvalue weighted by molar-refractivity contribution is 0.0925. The molecule has 1 amide bonds. The monoisotopic (exact) mass is 427 g/mol. The van der Waals surface area contributed by atoms with E-state index in [9.17, 15) is 13.2 Å². The van der Waals surface area contributed by atoms with Gasteiger partial charge in [0.1, 0.15) is 0 Å². The quantitative estimate of drug-likeness (QED) is 0.308. The van der Waals surface area contributed by atoms with Gasteiger partial charge in [0, 0.05) is 44.8 Å². The Labute approximate surface area is 173 Å². The molecule has 1 fully saturated rings. The number of aryl methyl sites for hydroxylation is 1. The van der Waals surface area contributed by atoms with Crippen LogP contribution in [-0.4, -0.2) is 69.6 Å². The van der Waals surface area contributed by atoms with Crippen LogP contribution in [-0.2, 0) is 10.0 Å². The molecule has 0 unspecified atom stereocenters. The van der Waals surface area contributed by atoms with E-state index in [1.165, 1.54) is 6.26 Å². The summed E-state index contributed by atoms with van der Waals surface area (Å²) in [6.07, 6.45) is 4.38. The van der Waals surface area contributed by atoms with Crippen molar-refractivity contribution in [1.29, 1.82) is 0 Å². The summed E-state index contributed by atoms with van der Waals surface area (Å²) in [6, 6.07) is 1.95. The van der Waals surface area contributed by atoms with Gasteiger partial charge in [0.05, 0.1) is 12.0 Å². The maximum Gasteiger partial charge on any atom is 0.287 e. The van der Waals surface area contributed by atoms with Gasteiger partial charge in [0.15, 0.2) is 11.7 Å². The Morgan fingerprint density at radius 3 is 2.55 bits per heavy atom. The van der Waals surface area contributed by atoms with Gasteiger partial charge in [-0.1, -0.05) is 6.92 Å². The van der Waals surface area contributed by atoms with Gasteiger partial charge in [0.2, 0.25) is 10.0 Å². The van der Waals surface area contributed by atoms with Crippen molar-refractivity contribution in [1.82, 2.24) is 20.3 Å². The van der Waals surface area contributed by atoms with Crippen molar-refractivity contribution in [3.05, 3.63) is 23.7 Å². The van der Waals surface area contributed by atoms with Crippen molar-refractivity contribution in [3.63, 3.8) is 0 Å². The van der Waals surface area contributed by atoms with E-state index in [1.54, 1.807) is 17.4 Å². The molecule has 164 valence electrons. The zero-order valence-corrected chi connectivity index (χ0v) is 18.3. The van der Waals surface area contributed by atoms with Crippen molar-refractivity contribution in [3.8, 4) is 0 Å². The molecule has 10 heteroatoms. The van der Waals surface area contributed by atoms with E-state index in [0.717, 1.165) is 24.8 Å². The van der Waals surface area contributed by atoms with Crippen molar-refractivity contribution in [2.75, 3.05) is 39.0 Å². The number of sulfonamides is 1. The highest BCUT2D eigenvalue weighted by Gasteiger charge is 2.27. The first-order valence-electron chi connectivity index (χ1n) is 10.1. The maximum atomic E-state index is 12.1. The molecule has 0 bridgehead atoms. The number of furan rings is 1. The van der Waals surface area contributed by atoms with Crippen LogP contribution in [0.4, 0.5) is 0 Å². The first-order valence-corrected chi connectivity index (χ1v) is 11.8. The molecule has 0 spiro atoms. The molecule has 0 aromatic carbocycles. The molecule has 9 nitrogen and oxygen atoms in total. The van der Waals surface area contributed by atoms with Crippen molar-refractivity contribution >= 4 is 21.9 Å². The molecule has 0 saturated carbocycles. The number of piperidine rings is 1. The molecule has 2 rings (SSSR count). The standard InChI is InChI=1S/C19H33N5O4S/c1-4-14-29(26,27)24-11-6-16(7-12-24)23-19(20-3)22-10-5-9-21-18(25)17-15(2)8-13-28-17/h8,13,16H,4-7,9-12,14H2,1-3H3,(H,21,25)(H2,20,22,23). The lowest BCUT2D eigenvalue weighted by Gasteiger charge is -2.32. The summed E-state index contributed by atoms with van der Waals surface area (Å²) in [5.41, 5.74) is 0.818. The van der Waals surface area contributed by atoms with Crippen LogP contribution in [0.3, 0.4) is 0 Å². The zero-order valence-electron chi connectivity index (χ0n) is 17.5. The second-order valence-electron chi connectivity index (χ2n) is 7.17. The number of nitrogens with zero attached hydrogens (tertiary/aromatic N) is 2. The van der Waals surface area contributed by atoms with Gasteiger partial charge in [-0.3, -0.25) is 9.79 Å². The molecule has 3 N–H and O–H groups in total. The molecule has 0 atom stereocenters. The van der Waals surface area contributed by atoms with Gasteiger partial charge < -0.3 is 20.4 Å². The van der Waals surface area contributed by atoms with Crippen LogP contribution in [0.2, 0.25) is 0 Å². The van der Waals surface area contributed by atoms with Crippen molar-refractivity contribution in [2.45, 2.75) is 45.6 Å². The Morgan fingerprint density at radius 2 is 1.97 bits per heavy atom. The number of nitrogens with one attached hydrogen (secondary N) is 3. The van der Waals surface area contributed by atoms with E-state index in [2.05, 4.69) is 20.9 Å². The molecular weight excluding hydrogens is 394 g/mol. The SMILES string of the molecule is CCCS(=O)(=O)N1CCC(NC(=NC)NCCCNC(=O)c2occc2C)CC1. The van der Waals surface area contributed by atoms with Gasteiger partial charge in [-0.25, -0.2) is 12.7 Å².